The van der Waals surface area contributed by atoms with Crippen molar-refractivity contribution in [3.63, 3.8) is 0 Å². The summed E-state index contributed by atoms with van der Waals surface area (Å²) in [4.78, 5) is 27.4. The zero-order chi connectivity index (χ0) is 21.3. The normalized spacial score (nSPS) is 19.9. The highest BCUT2D eigenvalue weighted by molar-refractivity contribution is 9.10. The van der Waals surface area contributed by atoms with E-state index >= 15 is 0 Å². The molecule has 0 aromatic heterocycles. The van der Waals surface area contributed by atoms with Crippen molar-refractivity contribution in [2.75, 3.05) is 19.8 Å². The quantitative estimate of drug-likeness (QED) is 0.396. The number of hydrogen-bond donors (Lipinski definition) is 1. The maximum Gasteiger partial charge on any atom is 0.295 e. The molecule has 2 aliphatic heterocycles. The molecule has 6 nitrogen and oxygen atoms in total. The van der Waals surface area contributed by atoms with Crippen LogP contribution >= 0.6 is 15.9 Å². The van der Waals surface area contributed by atoms with Gasteiger partial charge in [-0.3, -0.25) is 9.59 Å². The number of aliphatic hydroxyl groups excluding tert-OH is 1. The second-order valence-corrected chi connectivity index (χ2v) is 8.17. The Hall–Kier alpha value is -2.80. The van der Waals surface area contributed by atoms with Crippen molar-refractivity contribution in [3.05, 3.63) is 63.6 Å². The van der Waals surface area contributed by atoms with Crippen LogP contribution in [-0.2, 0) is 9.59 Å². The number of aliphatic hydroxyl groups is 1. The summed E-state index contributed by atoms with van der Waals surface area (Å²) in [7, 11) is 0. The predicted molar refractivity (Wildman–Crippen MR) is 115 cm³/mol. The van der Waals surface area contributed by atoms with Gasteiger partial charge in [-0.15, -0.1) is 0 Å². The van der Waals surface area contributed by atoms with Crippen LogP contribution in [0.5, 0.6) is 11.5 Å². The van der Waals surface area contributed by atoms with Crippen LogP contribution in [-0.4, -0.2) is 41.5 Å². The minimum Gasteiger partial charge on any atom is -0.507 e. The average Bonchev–Trinajstić information content (AvgIpc) is 3.02. The van der Waals surface area contributed by atoms with Crippen molar-refractivity contribution in [3.8, 4) is 11.5 Å². The standard InChI is InChI=1S/C23H22BrNO5/c1-2-3-10-25-20(15-6-9-17-18(13-15)30-12-11-29-17)19(22(27)23(25)28)21(26)14-4-7-16(24)8-5-14/h4-9,13,20,26H,2-3,10-12H2,1H3/b21-19-. The first-order valence-corrected chi connectivity index (χ1v) is 10.7. The molecule has 2 aromatic carbocycles. The zero-order valence-electron chi connectivity index (χ0n) is 16.6. The van der Waals surface area contributed by atoms with E-state index in [1.54, 1.807) is 41.3 Å². The number of nitrogens with zero attached hydrogens (tertiary/aromatic N) is 1. The number of ether oxygens (including phenoxy) is 2. The van der Waals surface area contributed by atoms with Crippen molar-refractivity contribution in [1.29, 1.82) is 0 Å². The minimum absolute atomic E-state index is 0.0927. The summed E-state index contributed by atoms with van der Waals surface area (Å²) in [6.07, 6.45) is 1.63. The van der Waals surface area contributed by atoms with E-state index < -0.39 is 17.7 Å². The molecule has 156 valence electrons. The van der Waals surface area contributed by atoms with Gasteiger partial charge in [-0.05, 0) is 36.2 Å². The van der Waals surface area contributed by atoms with Crippen LogP contribution in [0.2, 0.25) is 0 Å². The number of amides is 1. The fraction of sp³-hybridized carbons (Fsp3) is 0.304. The van der Waals surface area contributed by atoms with Crippen LogP contribution in [0.15, 0.2) is 52.5 Å². The lowest BCUT2D eigenvalue weighted by atomic mass is 9.95. The lowest BCUT2D eigenvalue weighted by molar-refractivity contribution is -0.139. The third kappa shape index (κ3) is 3.69. The largest absolute Gasteiger partial charge is 0.507 e. The molecule has 1 atom stereocenters. The Morgan fingerprint density at radius 2 is 1.80 bits per heavy atom. The molecule has 2 aliphatic rings. The molecule has 30 heavy (non-hydrogen) atoms. The Morgan fingerprint density at radius 1 is 1.10 bits per heavy atom. The molecular formula is C23H22BrNO5. The molecule has 2 heterocycles. The second kappa shape index (κ2) is 8.52. The third-order valence-corrected chi connectivity index (χ3v) is 5.82. The Bertz CT molecular complexity index is 1010. The van der Waals surface area contributed by atoms with Gasteiger partial charge in [-0.2, -0.15) is 0 Å². The number of carbonyl (C=O) groups is 2. The molecule has 1 N–H and O–H groups in total. The summed E-state index contributed by atoms with van der Waals surface area (Å²) in [5.41, 5.74) is 1.28. The molecule has 1 amide bonds. The van der Waals surface area contributed by atoms with Gasteiger partial charge >= 0.3 is 0 Å². The summed E-state index contributed by atoms with van der Waals surface area (Å²) in [6.45, 7) is 3.37. The second-order valence-electron chi connectivity index (χ2n) is 7.26. The molecule has 0 bridgehead atoms. The smallest absolute Gasteiger partial charge is 0.295 e. The van der Waals surface area contributed by atoms with Gasteiger partial charge in [0.25, 0.3) is 11.7 Å². The molecule has 7 heteroatoms. The van der Waals surface area contributed by atoms with E-state index in [0.717, 1.165) is 17.3 Å². The van der Waals surface area contributed by atoms with Crippen molar-refractivity contribution in [1.82, 2.24) is 4.90 Å². The lowest BCUT2D eigenvalue weighted by Gasteiger charge is -2.27. The monoisotopic (exact) mass is 471 g/mol. The Labute approximate surface area is 183 Å². The van der Waals surface area contributed by atoms with Gasteiger partial charge in [-0.1, -0.05) is 47.5 Å². The summed E-state index contributed by atoms with van der Waals surface area (Å²) in [5.74, 6) is -0.250. The average molecular weight is 472 g/mol. The molecule has 1 saturated heterocycles. The van der Waals surface area contributed by atoms with Gasteiger partial charge < -0.3 is 19.5 Å². The van der Waals surface area contributed by atoms with E-state index in [9.17, 15) is 14.7 Å². The highest BCUT2D eigenvalue weighted by Gasteiger charge is 2.46. The number of Topliss-reactive ketones (excluding diaryl/α,β-unsaturated/α-hetero) is 1. The van der Waals surface area contributed by atoms with Crippen LogP contribution in [0.25, 0.3) is 5.76 Å². The van der Waals surface area contributed by atoms with Crippen molar-refractivity contribution in [2.24, 2.45) is 0 Å². The highest BCUT2D eigenvalue weighted by atomic mass is 79.9. The number of fused-ring (bicyclic) bond motifs is 1. The van der Waals surface area contributed by atoms with E-state index in [-0.39, 0.29) is 11.3 Å². The van der Waals surface area contributed by atoms with Gasteiger partial charge in [0.15, 0.2) is 11.5 Å². The minimum atomic E-state index is -0.684. The predicted octanol–water partition coefficient (Wildman–Crippen LogP) is 4.44. The van der Waals surface area contributed by atoms with E-state index in [1.165, 1.54) is 0 Å². The molecule has 2 aromatic rings. The van der Waals surface area contributed by atoms with Crippen molar-refractivity contribution >= 4 is 33.4 Å². The zero-order valence-corrected chi connectivity index (χ0v) is 18.1. The van der Waals surface area contributed by atoms with Crippen LogP contribution in [0.4, 0.5) is 0 Å². The maximum absolute atomic E-state index is 13.0. The first kappa shape index (κ1) is 20.5. The molecule has 4 rings (SSSR count). The summed E-state index contributed by atoms with van der Waals surface area (Å²) >= 11 is 3.37. The number of halogens is 1. The first-order chi connectivity index (χ1) is 14.5. The van der Waals surface area contributed by atoms with E-state index in [1.807, 2.05) is 13.0 Å². The molecule has 0 spiro atoms. The summed E-state index contributed by atoms with van der Waals surface area (Å²) in [5, 5.41) is 11.0. The van der Waals surface area contributed by atoms with Gasteiger partial charge in [0, 0.05) is 16.6 Å². The van der Waals surface area contributed by atoms with Crippen molar-refractivity contribution in [2.45, 2.75) is 25.8 Å². The summed E-state index contributed by atoms with van der Waals surface area (Å²) in [6, 6.07) is 11.7. The Balaban J connectivity index is 1.84. The SMILES string of the molecule is CCCCN1C(=O)C(=O)/C(=C(\O)c2ccc(Br)cc2)C1c1ccc2c(c1)OCCO2. The Kier molecular flexibility index (Phi) is 5.81. The molecule has 0 radical (unpaired) electrons. The van der Waals surface area contributed by atoms with Crippen molar-refractivity contribution < 1.29 is 24.2 Å². The number of ketones is 1. The van der Waals surface area contributed by atoms with Gasteiger partial charge in [0.2, 0.25) is 0 Å². The van der Waals surface area contributed by atoms with Crippen LogP contribution in [0.1, 0.15) is 36.9 Å². The van der Waals surface area contributed by atoms with Gasteiger partial charge in [-0.25, -0.2) is 0 Å². The van der Waals surface area contributed by atoms with Gasteiger partial charge in [0.05, 0.1) is 11.6 Å². The number of rotatable bonds is 5. The molecule has 0 saturated carbocycles. The fourth-order valence-corrected chi connectivity index (χ4v) is 4.04. The fourth-order valence-electron chi connectivity index (χ4n) is 3.78. The van der Waals surface area contributed by atoms with Crippen LogP contribution < -0.4 is 9.47 Å². The molecule has 1 unspecified atom stereocenters. The van der Waals surface area contributed by atoms with E-state index in [0.29, 0.717) is 42.4 Å². The number of benzene rings is 2. The van der Waals surface area contributed by atoms with E-state index in [2.05, 4.69) is 15.9 Å². The molecular weight excluding hydrogens is 450 g/mol. The number of carbonyl (C=O) groups excluding carboxylic acids is 2. The first-order valence-electron chi connectivity index (χ1n) is 9.95. The number of likely N-dealkylation sites (tertiary alicyclic amines) is 1. The van der Waals surface area contributed by atoms with Crippen LogP contribution in [0.3, 0.4) is 0 Å². The van der Waals surface area contributed by atoms with E-state index in [4.69, 9.17) is 9.47 Å². The molecule has 1 fully saturated rings. The maximum atomic E-state index is 13.0. The van der Waals surface area contributed by atoms with Crippen LogP contribution in [0, 0.1) is 0 Å². The van der Waals surface area contributed by atoms with Gasteiger partial charge in [0.1, 0.15) is 19.0 Å². The lowest BCUT2D eigenvalue weighted by Crippen LogP contribution is -2.30. The highest BCUT2D eigenvalue weighted by Crippen LogP contribution is 2.42. The number of hydrogen-bond acceptors (Lipinski definition) is 5. The number of unbranched alkanes of at least 4 members (excludes halogenated alkanes) is 1. The topological polar surface area (TPSA) is 76.1 Å². The summed E-state index contributed by atoms with van der Waals surface area (Å²) < 4.78 is 12.1. The molecule has 0 aliphatic carbocycles. The third-order valence-electron chi connectivity index (χ3n) is 5.29. The Morgan fingerprint density at radius 3 is 2.50 bits per heavy atom.